The van der Waals surface area contributed by atoms with Gasteiger partial charge in [0.15, 0.2) is 0 Å². The van der Waals surface area contributed by atoms with Crippen LogP contribution in [0.15, 0.2) is 6.07 Å². The molecular formula is C13H15ClO2. The average Bonchev–Trinajstić information content (AvgIpc) is 2.25. The molecule has 0 unspecified atom stereocenters. The summed E-state index contributed by atoms with van der Waals surface area (Å²) >= 11 is 5.41. The number of benzene rings is 1. The fourth-order valence-electron chi connectivity index (χ4n) is 1.76. The number of rotatable bonds is 3. The first kappa shape index (κ1) is 12.9. The lowest BCUT2D eigenvalue weighted by molar-refractivity contribution is -0.112. The molecule has 0 N–H and O–H groups in total. The van der Waals surface area contributed by atoms with Crippen molar-refractivity contribution in [3.63, 3.8) is 0 Å². The molecule has 0 saturated carbocycles. The van der Waals surface area contributed by atoms with Crippen LogP contribution in [0, 0.1) is 27.7 Å². The molecule has 1 aromatic rings. The molecule has 0 fully saturated rings. The Morgan fingerprint density at radius 2 is 1.50 bits per heavy atom. The van der Waals surface area contributed by atoms with Crippen LogP contribution < -0.4 is 0 Å². The molecule has 0 saturated heterocycles. The number of hydrogen-bond donors (Lipinski definition) is 0. The molecule has 3 heteroatoms. The first-order valence-corrected chi connectivity index (χ1v) is 5.64. The van der Waals surface area contributed by atoms with Crippen molar-refractivity contribution in [2.24, 2.45) is 0 Å². The maximum Gasteiger partial charge on any atom is 0.230 e. The van der Waals surface area contributed by atoms with E-state index in [1.807, 2.05) is 33.8 Å². The molecule has 0 spiro atoms. The van der Waals surface area contributed by atoms with Crippen LogP contribution in [0.1, 0.15) is 32.6 Å². The topological polar surface area (TPSA) is 34.1 Å². The number of ketones is 2. The largest absolute Gasteiger partial charge is 0.289 e. The Kier molecular flexibility index (Phi) is 3.87. The summed E-state index contributed by atoms with van der Waals surface area (Å²) in [5.74, 6) is -1.28. The summed E-state index contributed by atoms with van der Waals surface area (Å²) < 4.78 is 0. The van der Waals surface area contributed by atoms with Crippen LogP contribution in [-0.4, -0.2) is 17.4 Å². The van der Waals surface area contributed by atoms with Crippen molar-refractivity contribution in [1.82, 2.24) is 0 Å². The van der Waals surface area contributed by atoms with E-state index in [1.54, 1.807) is 0 Å². The van der Waals surface area contributed by atoms with Gasteiger partial charge in [-0.15, -0.1) is 11.6 Å². The van der Waals surface area contributed by atoms with E-state index in [2.05, 4.69) is 0 Å². The third kappa shape index (κ3) is 2.17. The van der Waals surface area contributed by atoms with Crippen LogP contribution in [0.25, 0.3) is 0 Å². The van der Waals surface area contributed by atoms with E-state index in [-0.39, 0.29) is 5.88 Å². The molecule has 0 aromatic heterocycles. The highest BCUT2D eigenvalue weighted by Crippen LogP contribution is 2.22. The van der Waals surface area contributed by atoms with Gasteiger partial charge in [0.25, 0.3) is 0 Å². The summed E-state index contributed by atoms with van der Waals surface area (Å²) in [4.78, 5) is 23.2. The van der Waals surface area contributed by atoms with E-state index in [4.69, 9.17) is 11.6 Å². The van der Waals surface area contributed by atoms with Crippen LogP contribution in [0.2, 0.25) is 0 Å². The third-order valence-electron chi connectivity index (χ3n) is 2.97. The minimum Gasteiger partial charge on any atom is -0.289 e. The summed E-state index contributed by atoms with van der Waals surface area (Å²) in [5, 5.41) is 0. The maximum atomic E-state index is 11.9. The maximum absolute atomic E-state index is 11.9. The lowest BCUT2D eigenvalue weighted by Crippen LogP contribution is -2.19. The van der Waals surface area contributed by atoms with Gasteiger partial charge in [0.05, 0.1) is 5.88 Å². The van der Waals surface area contributed by atoms with Crippen molar-refractivity contribution in [3.8, 4) is 0 Å². The van der Waals surface area contributed by atoms with Gasteiger partial charge in [-0.3, -0.25) is 9.59 Å². The number of hydrogen-bond acceptors (Lipinski definition) is 2. The minimum absolute atomic E-state index is 0.259. The SMILES string of the molecule is Cc1cc(C)c(C)c(C(=O)C(=O)CCl)c1C. The Balaban J connectivity index is 3.44. The molecular weight excluding hydrogens is 224 g/mol. The molecule has 0 atom stereocenters. The van der Waals surface area contributed by atoms with Crippen molar-refractivity contribution < 1.29 is 9.59 Å². The second-order valence-corrected chi connectivity index (χ2v) is 4.29. The smallest absolute Gasteiger partial charge is 0.230 e. The van der Waals surface area contributed by atoms with Gasteiger partial charge in [0.1, 0.15) is 0 Å². The zero-order valence-electron chi connectivity index (χ0n) is 9.98. The van der Waals surface area contributed by atoms with E-state index in [1.165, 1.54) is 0 Å². The monoisotopic (exact) mass is 238 g/mol. The number of carbonyl (C=O) groups is 2. The van der Waals surface area contributed by atoms with Crippen LogP contribution in [0.5, 0.6) is 0 Å². The molecule has 86 valence electrons. The number of carbonyl (C=O) groups excluding carboxylic acids is 2. The second kappa shape index (κ2) is 4.79. The molecule has 0 aliphatic carbocycles. The van der Waals surface area contributed by atoms with Crippen LogP contribution in [0.4, 0.5) is 0 Å². The van der Waals surface area contributed by atoms with Crippen molar-refractivity contribution in [2.45, 2.75) is 27.7 Å². The van der Waals surface area contributed by atoms with Gasteiger partial charge in [-0.25, -0.2) is 0 Å². The zero-order chi connectivity index (χ0) is 12.5. The van der Waals surface area contributed by atoms with E-state index in [9.17, 15) is 9.59 Å². The molecule has 1 aromatic carbocycles. The summed E-state index contributed by atoms with van der Waals surface area (Å²) in [6.45, 7) is 7.58. The lowest BCUT2D eigenvalue weighted by atomic mass is 9.91. The zero-order valence-corrected chi connectivity index (χ0v) is 10.7. The van der Waals surface area contributed by atoms with Gasteiger partial charge in [0.2, 0.25) is 11.6 Å². The molecule has 0 aliphatic heterocycles. The van der Waals surface area contributed by atoms with Gasteiger partial charge in [-0.2, -0.15) is 0 Å². The molecule has 2 nitrogen and oxygen atoms in total. The second-order valence-electron chi connectivity index (χ2n) is 4.02. The first-order chi connectivity index (χ1) is 7.40. The fourth-order valence-corrected chi connectivity index (χ4v) is 1.88. The van der Waals surface area contributed by atoms with Crippen molar-refractivity contribution in [1.29, 1.82) is 0 Å². The molecule has 0 heterocycles. The van der Waals surface area contributed by atoms with Crippen LogP contribution in [-0.2, 0) is 4.79 Å². The predicted octanol–water partition coefficient (Wildman–Crippen LogP) is 2.91. The standard InChI is InChI=1S/C13H15ClO2/c1-7-5-8(2)10(4)12(9(7)3)13(16)11(15)6-14/h5H,6H2,1-4H3. The first-order valence-electron chi connectivity index (χ1n) is 5.11. The Hall–Kier alpha value is -1.15. The molecule has 16 heavy (non-hydrogen) atoms. The van der Waals surface area contributed by atoms with E-state index >= 15 is 0 Å². The average molecular weight is 239 g/mol. The summed E-state index contributed by atoms with van der Waals surface area (Å²) in [7, 11) is 0. The molecule has 1 rings (SSSR count). The van der Waals surface area contributed by atoms with Crippen molar-refractivity contribution in [3.05, 3.63) is 33.9 Å². The molecule has 0 radical (unpaired) electrons. The quantitative estimate of drug-likeness (QED) is 0.461. The lowest BCUT2D eigenvalue weighted by Gasteiger charge is -2.13. The number of Topliss-reactive ketones (excluding diaryl/α,β-unsaturated/α-hetero) is 2. The summed E-state index contributed by atoms with van der Waals surface area (Å²) in [6.07, 6.45) is 0. The highest BCUT2D eigenvalue weighted by molar-refractivity contribution is 6.52. The van der Waals surface area contributed by atoms with E-state index < -0.39 is 11.6 Å². The van der Waals surface area contributed by atoms with Gasteiger partial charge < -0.3 is 0 Å². The van der Waals surface area contributed by atoms with Gasteiger partial charge in [-0.1, -0.05) is 6.07 Å². The number of alkyl halides is 1. The molecule has 0 bridgehead atoms. The van der Waals surface area contributed by atoms with Gasteiger partial charge in [-0.05, 0) is 49.9 Å². The minimum atomic E-state index is -0.544. The predicted molar refractivity (Wildman–Crippen MR) is 65.4 cm³/mol. The van der Waals surface area contributed by atoms with Crippen LogP contribution in [0.3, 0.4) is 0 Å². The van der Waals surface area contributed by atoms with E-state index in [0.717, 1.165) is 22.3 Å². The Morgan fingerprint density at radius 1 is 1.06 bits per heavy atom. The molecule has 0 amide bonds. The van der Waals surface area contributed by atoms with Gasteiger partial charge in [0, 0.05) is 5.56 Å². The Labute approximate surface area is 101 Å². The Morgan fingerprint density at radius 3 is 1.88 bits per heavy atom. The van der Waals surface area contributed by atoms with E-state index in [0.29, 0.717) is 5.56 Å². The van der Waals surface area contributed by atoms with Crippen molar-refractivity contribution in [2.75, 3.05) is 5.88 Å². The normalized spacial score (nSPS) is 10.3. The highest BCUT2D eigenvalue weighted by atomic mass is 35.5. The highest BCUT2D eigenvalue weighted by Gasteiger charge is 2.21. The fraction of sp³-hybridized carbons (Fsp3) is 0.385. The Bertz CT molecular complexity index is 435. The number of halogens is 1. The number of aryl methyl sites for hydroxylation is 2. The van der Waals surface area contributed by atoms with Gasteiger partial charge >= 0.3 is 0 Å². The summed E-state index contributed by atoms with van der Waals surface area (Å²) in [6, 6.07) is 2.02. The molecule has 0 aliphatic rings. The van der Waals surface area contributed by atoms with Crippen molar-refractivity contribution >= 4 is 23.2 Å². The summed E-state index contributed by atoms with van der Waals surface area (Å²) in [5.41, 5.74) is 4.30. The third-order valence-corrected chi connectivity index (χ3v) is 3.21. The van der Waals surface area contributed by atoms with Crippen LogP contribution >= 0.6 is 11.6 Å².